The summed E-state index contributed by atoms with van der Waals surface area (Å²) in [5.74, 6) is -1.29. The lowest BCUT2D eigenvalue weighted by Crippen LogP contribution is -2.46. The Hall–Kier alpha value is -3.20. The summed E-state index contributed by atoms with van der Waals surface area (Å²) in [5.41, 5.74) is 0.243. The first-order valence-corrected chi connectivity index (χ1v) is 9.49. The van der Waals surface area contributed by atoms with Crippen molar-refractivity contribution in [3.63, 3.8) is 0 Å². The third-order valence-corrected chi connectivity index (χ3v) is 5.39. The number of nitrogens with one attached hydrogen (secondary N) is 3. The number of rotatable bonds is 5. The molecule has 8 nitrogen and oxygen atoms in total. The van der Waals surface area contributed by atoms with Crippen molar-refractivity contribution in [2.24, 2.45) is 0 Å². The third-order valence-electron chi connectivity index (χ3n) is 4.52. The van der Waals surface area contributed by atoms with Crippen molar-refractivity contribution in [3.05, 3.63) is 57.8 Å². The van der Waals surface area contributed by atoms with Crippen LogP contribution < -0.4 is 16.0 Å². The number of thiophene rings is 1. The first-order valence-electron chi connectivity index (χ1n) is 8.61. The number of amides is 6. The lowest BCUT2D eigenvalue weighted by atomic mass is 9.88. The predicted octanol–water partition coefficient (Wildman–Crippen LogP) is 1.85. The average Bonchev–Trinajstić information content (AvgIpc) is 3.24. The molecule has 0 saturated carbocycles. The molecular weight excluding hydrogens is 380 g/mol. The molecule has 6 amide bonds. The van der Waals surface area contributed by atoms with Crippen LogP contribution in [0.5, 0.6) is 0 Å². The first-order chi connectivity index (χ1) is 13.3. The lowest BCUT2D eigenvalue weighted by Gasteiger charge is -2.24. The van der Waals surface area contributed by atoms with Gasteiger partial charge in [-0.3, -0.25) is 19.8 Å². The second kappa shape index (κ2) is 7.81. The molecule has 1 aliphatic heterocycles. The maximum Gasteiger partial charge on any atom is 0.325 e. The summed E-state index contributed by atoms with van der Waals surface area (Å²) in [6.07, 6.45) is 0. The van der Waals surface area contributed by atoms with Crippen molar-refractivity contribution in [3.8, 4) is 0 Å². The zero-order chi connectivity index (χ0) is 20.3. The van der Waals surface area contributed by atoms with Crippen LogP contribution in [0.4, 0.5) is 9.59 Å². The highest BCUT2D eigenvalue weighted by Gasteiger charge is 2.50. The Labute approximate surface area is 165 Å². The van der Waals surface area contributed by atoms with E-state index in [9.17, 15) is 19.2 Å². The molecule has 2 aromatic rings. The van der Waals surface area contributed by atoms with Crippen LogP contribution >= 0.6 is 11.3 Å². The molecule has 1 aromatic heterocycles. The summed E-state index contributed by atoms with van der Waals surface area (Å²) in [6, 6.07) is 9.56. The van der Waals surface area contributed by atoms with Gasteiger partial charge in [0.1, 0.15) is 12.1 Å². The molecule has 0 spiro atoms. The summed E-state index contributed by atoms with van der Waals surface area (Å²) < 4.78 is 0. The Balaban J connectivity index is 1.61. The Kier molecular flexibility index (Phi) is 5.46. The van der Waals surface area contributed by atoms with Crippen molar-refractivity contribution < 1.29 is 19.2 Å². The molecule has 0 radical (unpaired) electrons. The van der Waals surface area contributed by atoms with E-state index in [1.54, 1.807) is 19.1 Å². The third kappa shape index (κ3) is 3.89. The van der Waals surface area contributed by atoms with Crippen LogP contribution in [0.15, 0.2) is 41.8 Å². The van der Waals surface area contributed by atoms with E-state index < -0.39 is 36.0 Å². The van der Waals surface area contributed by atoms with Gasteiger partial charge < -0.3 is 10.6 Å². The van der Waals surface area contributed by atoms with E-state index in [-0.39, 0.29) is 6.54 Å². The Morgan fingerprint density at radius 3 is 2.61 bits per heavy atom. The number of imide groups is 2. The van der Waals surface area contributed by atoms with E-state index in [0.717, 1.165) is 15.3 Å². The zero-order valence-corrected chi connectivity index (χ0v) is 16.3. The van der Waals surface area contributed by atoms with Gasteiger partial charge in [-0.2, -0.15) is 0 Å². The van der Waals surface area contributed by atoms with Gasteiger partial charge in [0.05, 0.1) is 6.54 Å². The van der Waals surface area contributed by atoms with Gasteiger partial charge in [-0.05, 0) is 36.4 Å². The number of carbonyl (C=O) groups is 4. The van der Waals surface area contributed by atoms with Crippen LogP contribution in [0, 0.1) is 6.92 Å². The minimum absolute atomic E-state index is 0.283. The number of benzene rings is 1. The van der Waals surface area contributed by atoms with Crippen LogP contribution in [-0.2, 0) is 21.7 Å². The van der Waals surface area contributed by atoms with Crippen LogP contribution in [0.25, 0.3) is 0 Å². The molecule has 3 rings (SSSR count). The fraction of sp³-hybridized carbons (Fsp3) is 0.263. The molecule has 146 valence electrons. The SMILES string of the molecule is Cc1ccccc1C1(C)NC(=O)N(CC(=O)NC(=O)NCc2cccs2)C1=O. The summed E-state index contributed by atoms with van der Waals surface area (Å²) in [7, 11) is 0. The molecule has 3 N–H and O–H groups in total. The van der Waals surface area contributed by atoms with Crippen LogP contribution in [0.1, 0.15) is 22.9 Å². The van der Waals surface area contributed by atoms with Gasteiger partial charge in [0, 0.05) is 4.88 Å². The van der Waals surface area contributed by atoms with Gasteiger partial charge >= 0.3 is 12.1 Å². The van der Waals surface area contributed by atoms with E-state index >= 15 is 0 Å². The number of aryl methyl sites for hydroxylation is 1. The Morgan fingerprint density at radius 1 is 1.18 bits per heavy atom. The highest BCUT2D eigenvalue weighted by Crippen LogP contribution is 2.30. The van der Waals surface area contributed by atoms with Crippen LogP contribution in [0.3, 0.4) is 0 Å². The van der Waals surface area contributed by atoms with Gasteiger partial charge in [0.2, 0.25) is 5.91 Å². The molecule has 28 heavy (non-hydrogen) atoms. The largest absolute Gasteiger partial charge is 0.333 e. The van der Waals surface area contributed by atoms with E-state index in [1.807, 2.05) is 36.6 Å². The molecule has 1 unspecified atom stereocenters. The van der Waals surface area contributed by atoms with Crippen molar-refractivity contribution in [1.29, 1.82) is 0 Å². The van der Waals surface area contributed by atoms with E-state index in [1.165, 1.54) is 11.3 Å². The maximum atomic E-state index is 12.9. The standard InChI is InChI=1S/C19H20N4O4S/c1-12-6-3-4-8-14(12)19(2)16(25)23(18(27)22-19)11-15(24)21-17(26)20-10-13-7-5-9-28-13/h3-9H,10-11H2,1-2H3,(H,22,27)(H2,20,21,24,26). The minimum Gasteiger partial charge on any atom is -0.333 e. The number of urea groups is 2. The molecule has 1 saturated heterocycles. The van der Waals surface area contributed by atoms with Gasteiger partial charge in [0.15, 0.2) is 0 Å². The number of hydrogen-bond acceptors (Lipinski definition) is 5. The smallest absolute Gasteiger partial charge is 0.325 e. The van der Waals surface area contributed by atoms with Gasteiger partial charge in [-0.15, -0.1) is 11.3 Å². The minimum atomic E-state index is -1.26. The molecule has 2 heterocycles. The summed E-state index contributed by atoms with van der Waals surface area (Å²) in [6.45, 7) is 3.18. The van der Waals surface area contributed by atoms with Crippen LogP contribution in [0.2, 0.25) is 0 Å². The summed E-state index contributed by atoms with van der Waals surface area (Å²) >= 11 is 1.48. The quantitative estimate of drug-likeness (QED) is 0.666. The average molecular weight is 400 g/mol. The van der Waals surface area contributed by atoms with Gasteiger partial charge in [-0.25, -0.2) is 9.59 Å². The van der Waals surface area contributed by atoms with E-state index in [0.29, 0.717) is 5.56 Å². The second-order valence-electron chi connectivity index (χ2n) is 6.57. The van der Waals surface area contributed by atoms with Crippen molar-refractivity contribution in [1.82, 2.24) is 20.9 Å². The summed E-state index contributed by atoms with van der Waals surface area (Å²) in [4.78, 5) is 50.9. The van der Waals surface area contributed by atoms with E-state index in [4.69, 9.17) is 0 Å². The number of hydrogen-bond donors (Lipinski definition) is 3. The molecule has 1 fully saturated rings. The number of nitrogens with zero attached hydrogens (tertiary/aromatic N) is 1. The Bertz CT molecular complexity index is 928. The first kappa shape index (κ1) is 19.6. The van der Waals surface area contributed by atoms with E-state index in [2.05, 4.69) is 16.0 Å². The van der Waals surface area contributed by atoms with Crippen molar-refractivity contribution in [2.75, 3.05) is 6.54 Å². The molecule has 0 bridgehead atoms. The van der Waals surface area contributed by atoms with Gasteiger partial charge in [-0.1, -0.05) is 30.3 Å². The Morgan fingerprint density at radius 2 is 1.93 bits per heavy atom. The molecule has 1 aromatic carbocycles. The zero-order valence-electron chi connectivity index (χ0n) is 15.4. The summed E-state index contributed by atoms with van der Waals surface area (Å²) in [5, 5.41) is 9.21. The second-order valence-corrected chi connectivity index (χ2v) is 7.60. The molecule has 1 atom stereocenters. The van der Waals surface area contributed by atoms with Crippen molar-refractivity contribution >= 4 is 35.2 Å². The molecular formula is C19H20N4O4S. The maximum absolute atomic E-state index is 12.9. The monoisotopic (exact) mass is 400 g/mol. The fourth-order valence-corrected chi connectivity index (χ4v) is 3.74. The topological polar surface area (TPSA) is 108 Å². The predicted molar refractivity (Wildman–Crippen MR) is 103 cm³/mol. The molecule has 1 aliphatic rings. The fourth-order valence-electron chi connectivity index (χ4n) is 3.09. The normalized spacial score (nSPS) is 18.7. The molecule has 0 aliphatic carbocycles. The van der Waals surface area contributed by atoms with Crippen molar-refractivity contribution in [2.45, 2.75) is 25.9 Å². The highest BCUT2D eigenvalue weighted by atomic mass is 32.1. The number of carbonyl (C=O) groups excluding carboxylic acids is 4. The lowest BCUT2D eigenvalue weighted by molar-refractivity contribution is -0.134. The van der Waals surface area contributed by atoms with Crippen LogP contribution in [-0.4, -0.2) is 35.3 Å². The van der Waals surface area contributed by atoms with Gasteiger partial charge in [0.25, 0.3) is 5.91 Å². The highest BCUT2D eigenvalue weighted by molar-refractivity contribution is 7.09. The molecule has 9 heteroatoms.